The quantitative estimate of drug-likeness (QED) is 0.0807. The Morgan fingerprint density at radius 1 is 1.15 bits per heavy atom. The lowest BCUT2D eigenvalue weighted by Gasteiger charge is -2.35. The van der Waals surface area contributed by atoms with Crippen LogP contribution in [0.5, 0.6) is 0 Å². The highest BCUT2D eigenvalue weighted by Gasteiger charge is 2.64. The molecule has 2 atom stereocenters. The number of rotatable bonds is 11. The van der Waals surface area contributed by atoms with Crippen LogP contribution in [0.3, 0.4) is 0 Å². The van der Waals surface area contributed by atoms with Crippen molar-refractivity contribution in [1.82, 2.24) is 25.5 Å². The third-order valence-corrected chi connectivity index (χ3v) is 9.21. The van der Waals surface area contributed by atoms with E-state index in [0.29, 0.717) is 16.1 Å². The Labute approximate surface area is 311 Å². The zero-order valence-corrected chi connectivity index (χ0v) is 30.2. The topological polar surface area (TPSA) is 148 Å². The van der Waals surface area contributed by atoms with Crippen LogP contribution in [0.15, 0.2) is 65.0 Å². The lowest BCUT2D eigenvalue weighted by atomic mass is 9.75. The van der Waals surface area contributed by atoms with Crippen LogP contribution in [0.25, 0.3) is 11.4 Å². The SMILES string of the molecule is C=NN(/C(=N\C)C(F)F)c1cc([C@@H](COC(=O)NC2(C(F)(F)F)CC2)N2C(=N)N[C@](CC(C)(C)C)(c3ccc(-c4ncc(F)cn4)cc3)C2=O)ccc1Cl. The lowest BCUT2D eigenvalue weighted by molar-refractivity contribution is -0.164. The van der Waals surface area contributed by atoms with Gasteiger partial charge in [-0.25, -0.2) is 32.9 Å². The first kappa shape index (κ1) is 39.9. The maximum Gasteiger partial charge on any atom is 0.411 e. The highest BCUT2D eigenvalue weighted by atomic mass is 35.5. The molecule has 1 aromatic heterocycles. The number of amidine groups is 1. The normalized spacial score (nSPS) is 19.0. The number of hydrogen-bond acceptors (Lipinski definition) is 8. The number of ether oxygens (including phenoxy) is 1. The van der Waals surface area contributed by atoms with Crippen LogP contribution in [-0.4, -0.2) is 77.2 Å². The second kappa shape index (κ2) is 14.9. The Balaban J connectivity index is 1.58. The summed E-state index contributed by atoms with van der Waals surface area (Å²) < 4.78 is 87.7. The van der Waals surface area contributed by atoms with Gasteiger partial charge in [-0.3, -0.25) is 20.1 Å². The molecule has 2 heterocycles. The number of amides is 2. The molecule has 1 aliphatic heterocycles. The summed E-state index contributed by atoms with van der Waals surface area (Å²) in [4.78, 5) is 40.3. The largest absolute Gasteiger partial charge is 0.447 e. The molecule has 1 aliphatic carbocycles. The van der Waals surface area contributed by atoms with E-state index in [0.717, 1.165) is 24.3 Å². The molecule has 1 saturated carbocycles. The first-order valence-electron chi connectivity index (χ1n) is 16.4. The van der Waals surface area contributed by atoms with Gasteiger partial charge in [0.25, 0.3) is 12.3 Å². The van der Waals surface area contributed by atoms with E-state index in [1.165, 1.54) is 18.2 Å². The Kier molecular flexibility index (Phi) is 11.0. The zero-order chi connectivity index (χ0) is 39.8. The molecule has 2 aromatic carbocycles. The molecule has 54 heavy (non-hydrogen) atoms. The van der Waals surface area contributed by atoms with Crippen molar-refractivity contribution in [2.75, 3.05) is 18.7 Å². The molecule has 3 N–H and O–H groups in total. The number of halogens is 7. The van der Waals surface area contributed by atoms with Crippen molar-refractivity contribution in [2.24, 2.45) is 15.5 Å². The minimum atomic E-state index is -4.75. The summed E-state index contributed by atoms with van der Waals surface area (Å²) >= 11 is 6.42. The van der Waals surface area contributed by atoms with E-state index in [2.05, 4.69) is 32.1 Å². The predicted molar refractivity (Wildman–Crippen MR) is 189 cm³/mol. The van der Waals surface area contributed by atoms with Gasteiger partial charge < -0.3 is 15.4 Å². The fourth-order valence-electron chi connectivity index (χ4n) is 6.26. The summed E-state index contributed by atoms with van der Waals surface area (Å²) in [5.41, 5.74) is -3.83. The summed E-state index contributed by atoms with van der Waals surface area (Å²) in [5, 5.41) is 18.2. The van der Waals surface area contributed by atoms with Gasteiger partial charge in [0.1, 0.15) is 17.7 Å². The number of alkyl halides is 5. The Bertz CT molecular complexity index is 1950. The third kappa shape index (κ3) is 7.97. The number of aliphatic imine (C=N–C) groups is 1. The third-order valence-electron chi connectivity index (χ3n) is 8.89. The van der Waals surface area contributed by atoms with Gasteiger partial charge >= 0.3 is 12.3 Å². The van der Waals surface area contributed by atoms with Crippen molar-refractivity contribution in [3.63, 3.8) is 0 Å². The molecule has 0 radical (unpaired) electrons. The maximum absolute atomic E-state index is 14.9. The summed E-state index contributed by atoms with van der Waals surface area (Å²) in [6.45, 7) is 8.17. The summed E-state index contributed by atoms with van der Waals surface area (Å²) in [5.74, 6) is -2.40. The molecule has 12 nitrogen and oxygen atoms in total. The number of anilines is 1. The molecular weight excluding hydrogens is 744 g/mol. The zero-order valence-electron chi connectivity index (χ0n) is 29.4. The first-order valence-corrected chi connectivity index (χ1v) is 16.8. The number of carbonyl (C=O) groups excluding carboxylic acids is 2. The van der Waals surface area contributed by atoms with E-state index < -0.39 is 71.4 Å². The van der Waals surface area contributed by atoms with Crippen LogP contribution < -0.4 is 15.6 Å². The second-order valence-corrected chi connectivity index (χ2v) is 14.4. The van der Waals surface area contributed by atoms with Crippen LogP contribution in [0.2, 0.25) is 5.02 Å². The molecule has 2 amide bonds. The number of hydrogen-bond donors (Lipinski definition) is 3. The van der Waals surface area contributed by atoms with Crippen LogP contribution in [0.1, 0.15) is 57.2 Å². The minimum absolute atomic E-state index is 0.0767. The number of guanidine groups is 1. The Hall–Kier alpha value is -5.26. The number of carbonyl (C=O) groups is 2. The van der Waals surface area contributed by atoms with Crippen molar-refractivity contribution in [3.8, 4) is 11.4 Å². The molecule has 5 rings (SSSR count). The second-order valence-electron chi connectivity index (χ2n) is 14.0. The lowest BCUT2D eigenvalue weighted by Crippen LogP contribution is -2.49. The number of alkyl carbamates (subject to hydrolysis) is 1. The smallest absolute Gasteiger partial charge is 0.411 e. The number of nitrogens with zero attached hydrogens (tertiary/aromatic N) is 6. The van der Waals surface area contributed by atoms with E-state index in [4.69, 9.17) is 21.7 Å². The molecule has 0 unspecified atom stereocenters. The fraction of sp³-hybridized carbons (Fsp3) is 0.400. The van der Waals surface area contributed by atoms with Gasteiger partial charge in [-0.15, -0.1) is 0 Å². The highest BCUT2D eigenvalue weighted by molar-refractivity contribution is 6.34. The van der Waals surface area contributed by atoms with Gasteiger partial charge in [-0.2, -0.15) is 18.3 Å². The van der Waals surface area contributed by atoms with Crippen molar-refractivity contribution in [2.45, 2.75) is 69.8 Å². The van der Waals surface area contributed by atoms with Crippen LogP contribution in [0, 0.1) is 16.6 Å². The molecule has 288 valence electrons. The van der Waals surface area contributed by atoms with E-state index in [9.17, 15) is 35.9 Å². The molecule has 2 aliphatic rings. The molecule has 0 bridgehead atoms. The van der Waals surface area contributed by atoms with Gasteiger partial charge in [-0.05, 0) is 47.9 Å². The van der Waals surface area contributed by atoms with E-state index in [1.807, 2.05) is 26.1 Å². The molecular formula is C35H36ClF6N9O3. The van der Waals surface area contributed by atoms with E-state index >= 15 is 0 Å². The molecule has 2 fully saturated rings. The molecule has 0 spiro atoms. The first-order chi connectivity index (χ1) is 25.3. The highest BCUT2D eigenvalue weighted by Crippen LogP contribution is 2.49. The van der Waals surface area contributed by atoms with Gasteiger partial charge in [0.15, 0.2) is 23.4 Å². The average molecular weight is 780 g/mol. The van der Waals surface area contributed by atoms with Crippen molar-refractivity contribution in [3.05, 3.63) is 76.8 Å². The van der Waals surface area contributed by atoms with Crippen LogP contribution >= 0.6 is 11.6 Å². The number of hydrazone groups is 1. The summed E-state index contributed by atoms with van der Waals surface area (Å²) in [6, 6.07) is 8.96. The van der Waals surface area contributed by atoms with Crippen LogP contribution in [-0.2, 0) is 15.1 Å². The van der Waals surface area contributed by atoms with Crippen molar-refractivity contribution < 1.29 is 40.7 Å². The summed E-state index contributed by atoms with van der Waals surface area (Å²) in [7, 11) is 1.10. The average Bonchev–Trinajstić information content (AvgIpc) is 3.85. The van der Waals surface area contributed by atoms with Gasteiger partial charge in [-0.1, -0.05) is 62.7 Å². The molecule has 19 heteroatoms. The number of aromatic nitrogens is 2. The Morgan fingerprint density at radius 2 is 1.78 bits per heavy atom. The van der Waals surface area contributed by atoms with Gasteiger partial charge in [0, 0.05) is 19.3 Å². The van der Waals surface area contributed by atoms with E-state index in [1.54, 1.807) is 24.3 Å². The Morgan fingerprint density at radius 3 is 2.30 bits per heavy atom. The van der Waals surface area contributed by atoms with Gasteiger partial charge in [0.2, 0.25) is 0 Å². The van der Waals surface area contributed by atoms with E-state index in [-0.39, 0.29) is 41.4 Å². The maximum atomic E-state index is 14.9. The monoisotopic (exact) mass is 779 g/mol. The number of benzene rings is 2. The van der Waals surface area contributed by atoms with Gasteiger partial charge in [0.05, 0.1) is 29.1 Å². The molecule has 3 aromatic rings. The standard InChI is InChI=1S/C35H36ClF6N9O3/c1-32(2,3)18-34(21-9-6-19(7-10-21)27-46-15-22(37)16-47-27)29(52)50(30(43)48-34)25(17-54-31(53)49-33(12-13-33)35(40,41)42)20-8-11-23(36)24(14-20)51(45-5)28(44-4)26(38)39/h6-11,14-16,25-26H,5,12-13,17-18H2,1-4H3,(H2,43,48)(H,49,53)/b44-28-/t25-,34-/m1/s1. The number of nitrogens with one attached hydrogen (secondary N) is 3. The predicted octanol–water partition coefficient (Wildman–Crippen LogP) is 7.21. The minimum Gasteiger partial charge on any atom is -0.447 e. The fourth-order valence-corrected chi connectivity index (χ4v) is 6.46. The summed E-state index contributed by atoms with van der Waals surface area (Å²) in [6.07, 6.45) is -7.89. The van der Waals surface area contributed by atoms with Crippen LogP contribution in [0.4, 0.5) is 36.8 Å². The van der Waals surface area contributed by atoms with Crippen molar-refractivity contribution in [1.29, 1.82) is 5.41 Å². The van der Waals surface area contributed by atoms with Crippen molar-refractivity contribution >= 4 is 47.8 Å². The molecule has 1 saturated heterocycles.